The van der Waals surface area contributed by atoms with Crippen LogP contribution in [0.1, 0.15) is 37.8 Å². The zero-order valence-electron chi connectivity index (χ0n) is 14.0. The number of thioether (sulfide) groups is 1. The Balaban J connectivity index is 2.33. The summed E-state index contributed by atoms with van der Waals surface area (Å²) in [5, 5.41) is 12.3. The molecule has 0 amide bonds. The number of aryl methyl sites for hydroxylation is 1. The van der Waals surface area contributed by atoms with Crippen molar-refractivity contribution in [3.8, 4) is 0 Å². The van der Waals surface area contributed by atoms with Crippen LogP contribution in [0.15, 0.2) is 29.7 Å². The van der Waals surface area contributed by atoms with Gasteiger partial charge in [0.1, 0.15) is 5.82 Å². The number of benzene rings is 1. The standard InChI is InChI=1S/C18H22F4OS/c1-12-4-5-14(19)8-15(12)16(2,3)11-17(23,18(20,21)22)9-13-6-7-24-10-13/h4-8,13,23H,9-11H2,1-3H3. The van der Waals surface area contributed by atoms with Gasteiger partial charge < -0.3 is 5.11 Å². The molecule has 2 unspecified atom stereocenters. The molecule has 0 aromatic heterocycles. The van der Waals surface area contributed by atoms with E-state index in [1.165, 1.54) is 23.9 Å². The Morgan fingerprint density at radius 1 is 1.25 bits per heavy atom. The van der Waals surface area contributed by atoms with Crippen LogP contribution in [0.25, 0.3) is 0 Å². The van der Waals surface area contributed by atoms with Gasteiger partial charge in [-0.2, -0.15) is 13.2 Å². The molecule has 0 saturated carbocycles. The maximum atomic E-state index is 13.6. The summed E-state index contributed by atoms with van der Waals surface area (Å²) < 4.78 is 54.5. The maximum Gasteiger partial charge on any atom is 0.417 e. The Labute approximate surface area is 144 Å². The fourth-order valence-electron chi connectivity index (χ4n) is 3.40. The molecule has 1 aliphatic heterocycles. The van der Waals surface area contributed by atoms with E-state index in [-0.39, 0.29) is 12.3 Å². The fraction of sp³-hybridized carbons (Fsp3) is 0.556. The van der Waals surface area contributed by atoms with Crippen LogP contribution in [0.5, 0.6) is 0 Å². The molecule has 0 bridgehead atoms. The highest BCUT2D eigenvalue weighted by atomic mass is 32.2. The van der Waals surface area contributed by atoms with Gasteiger partial charge in [-0.15, -0.1) is 11.8 Å². The van der Waals surface area contributed by atoms with Gasteiger partial charge >= 0.3 is 6.18 Å². The minimum Gasteiger partial charge on any atom is -0.380 e. The minimum absolute atomic E-state index is 0.314. The Kier molecular flexibility index (Phi) is 5.40. The monoisotopic (exact) mass is 362 g/mol. The molecule has 1 nitrogen and oxygen atoms in total. The van der Waals surface area contributed by atoms with E-state index < -0.39 is 29.4 Å². The third kappa shape index (κ3) is 4.14. The maximum absolute atomic E-state index is 13.6. The first-order valence-corrected chi connectivity index (χ1v) is 8.83. The molecular weight excluding hydrogens is 340 g/mol. The highest BCUT2D eigenvalue weighted by Gasteiger charge is 2.56. The number of hydrogen-bond donors (Lipinski definition) is 1. The predicted octanol–water partition coefficient (Wildman–Crippen LogP) is 5.36. The van der Waals surface area contributed by atoms with Gasteiger partial charge in [0.05, 0.1) is 0 Å². The van der Waals surface area contributed by atoms with Crippen molar-refractivity contribution in [3.05, 3.63) is 46.6 Å². The van der Waals surface area contributed by atoms with Gasteiger partial charge in [-0.05, 0) is 59.8 Å². The SMILES string of the molecule is Cc1ccc(F)cc1C(C)(C)CC(O)(CC1C=CSC1)C(F)(F)F. The van der Waals surface area contributed by atoms with Crippen molar-refractivity contribution in [1.82, 2.24) is 0 Å². The molecule has 134 valence electrons. The van der Waals surface area contributed by atoms with Crippen molar-refractivity contribution in [2.45, 2.75) is 50.8 Å². The second-order valence-electron chi connectivity index (χ2n) is 7.18. The van der Waals surface area contributed by atoms with Crippen molar-refractivity contribution >= 4 is 11.8 Å². The summed E-state index contributed by atoms with van der Waals surface area (Å²) >= 11 is 1.44. The highest BCUT2D eigenvalue weighted by molar-refractivity contribution is 8.02. The van der Waals surface area contributed by atoms with Crippen LogP contribution in [0.4, 0.5) is 17.6 Å². The summed E-state index contributed by atoms with van der Waals surface area (Å²) in [6, 6.07) is 4.10. The Hall–Kier alpha value is -1.01. The van der Waals surface area contributed by atoms with Crippen LogP contribution in [-0.4, -0.2) is 22.6 Å². The summed E-state index contributed by atoms with van der Waals surface area (Å²) in [4.78, 5) is 0. The zero-order valence-corrected chi connectivity index (χ0v) is 14.8. The number of halogens is 4. The highest BCUT2D eigenvalue weighted by Crippen LogP contribution is 2.46. The van der Waals surface area contributed by atoms with Crippen LogP contribution < -0.4 is 0 Å². The molecule has 2 atom stereocenters. The van der Waals surface area contributed by atoms with Crippen LogP contribution in [-0.2, 0) is 5.41 Å². The first-order valence-electron chi connectivity index (χ1n) is 7.79. The number of allylic oxidation sites excluding steroid dienone is 1. The van der Waals surface area contributed by atoms with Crippen LogP contribution in [0.3, 0.4) is 0 Å². The zero-order chi connectivity index (χ0) is 18.2. The summed E-state index contributed by atoms with van der Waals surface area (Å²) in [6.07, 6.45) is -3.92. The second-order valence-corrected chi connectivity index (χ2v) is 8.11. The van der Waals surface area contributed by atoms with Crippen molar-refractivity contribution in [2.24, 2.45) is 5.92 Å². The lowest BCUT2D eigenvalue weighted by molar-refractivity contribution is -0.271. The lowest BCUT2D eigenvalue weighted by Crippen LogP contribution is -2.50. The van der Waals surface area contributed by atoms with E-state index in [1.807, 2.05) is 0 Å². The van der Waals surface area contributed by atoms with E-state index >= 15 is 0 Å². The van der Waals surface area contributed by atoms with Crippen LogP contribution >= 0.6 is 11.8 Å². The van der Waals surface area contributed by atoms with Gasteiger partial charge in [0.2, 0.25) is 0 Å². The van der Waals surface area contributed by atoms with Crippen LogP contribution in [0, 0.1) is 18.7 Å². The van der Waals surface area contributed by atoms with Crippen molar-refractivity contribution in [3.63, 3.8) is 0 Å². The van der Waals surface area contributed by atoms with Gasteiger partial charge in [0.25, 0.3) is 0 Å². The topological polar surface area (TPSA) is 20.2 Å². The predicted molar refractivity (Wildman–Crippen MR) is 89.5 cm³/mol. The molecule has 0 fully saturated rings. The molecule has 2 rings (SSSR count). The number of hydrogen-bond acceptors (Lipinski definition) is 2. The molecule has 1 N–H and O–H groups in total. The quantitative estimate of drug-likeness (QED) is 0.712. The molecule has 0 radical (unpaired) electrons. The lowest BCUT2D eigenvalue weighted by Gasteiger charge is -2.39. The second kappa shape index (κ2) is 6.71. The third-order valence-electron chi connectivity index (χ3n) is 4.55. The molecule has 0 aliphatic carbocycles. The first kappa shape index (κ1) is 19.3. The van der Waals surface area contributed by atoms with E-state index in [9.17, 15) is 22.7 Å². The van der Waals surface area contributed by atoms with Gasteiger partial charge in [0.15, 0.2) is 5.60 Å². The molecule has 1 heterocycles. The van der Waals surface area contributed by atoms with Gasteiger partial charge in [0, 0.05) is 5.75 Å². The summed E-state index contributed by atoms with van der Waals surface area (Å²) in [7, 11) is 0. The number of aliphatic hydroxyl groups is 1. The van der Waals surface area contributed by atoms with E-state index in [0.717, 1.165) is 0 Å². The Morgan fingerprint density at radius 3 is 2.46 bits per heavy atom. The van der Waals surface area contributed by atoms with Gasteiger partial charge in [-0.1, -0.05) is 26.0 Å². The molecule has 1 aliphatic rings. The summed E-state index contributed by atoms with van der Waals surface area (Å²) in [6.45, 7) is 4.97. The van der Waals surface area contributed by atoms with Crippen LogP contribution in [0.2, 0.25) is 0 Å². The molecule has 1 aromatic carbocycles. The molecular formula is C18H22F4OS. The first-order chi connectivity index (χ1) is 10.9. The Morgan fingerprint density at radius 2 is 1.92 bits per heavy atom. The third-order valence-corrected chi connectivity index (χ3v) is 5.52. The fourth-order valence-corrected chi connectivity index (χ4v) is 4.32. The van der Waals surface area contributed by atoms with Crippen molar-refractivity contribution < 1.29 is 22.7 Å². The average Bonchev–Trinajstić information content (AvgIpc) is 2.92. The van der Waals surface area contributed by atoms with Crippen molar-refractivity contribution in [2.75, 3.05) is 5.75 Å². The minimum atomic E-state index is -4.74. The van der Waals surface area contributed by atoms with Gasteiger partial charge in [-0.3, -0.25) is 0 Å². The van der Waals surface area contributed by atoms with E-state index in [1.54, 1.807) is 38.3 Å². The largest absolute Gasteiger partial charge is 0.417 e. The smallest absolute Gasteiger partial charge is 0.380 e. The number of alkyl halides is 3. The van der Waals surface area contributed by atoms with E-state index in [0.29, 0.717) is 16.9 Å². The van der Waals surface area contributed by atoms with Crippen molar-refractivity contribution in [1.29, 1.82) is 0 Å². The molecule has 24 heavy (non-hydrogen) atoms. The average molecular weight is 362 g/mol. The molecule has 1 aromatic rings. The van der Waals surface area contributed by atoms with Gasteiger partial charge in [-0.25, -0.2) is 4.39 Å². The normalized spacial score (nSPS) is 21.1. The summed E-state index contributed by atoms with van der Waals surface area (Å²) in [5.74, 6) is -0.266. The van der Waals surface area contributed by atoms with E-state index in [2.05, 4.69) is 0 Å². The molecule has 0 spiro atoms. The lowest BCUT2D eigenvalue weighted by atomic mass is 9.71. The van der Waals surface area contributed by atoms with E-state index in [4.69, 9.17) is 0 Å². The molecule has 0 saturated heterocycles. The summed E-state index contributed by atoms with van der Waals surface area (Å²) in [5.41, 5.74) is -2.63. The number of rotatable bonds is 5. The molecule has 6 heteroatoms. The Bertz CT molecular complexity index is 624.